The van der Waals surface area contributed by atoms with E-state index < -0.39 is 0 Å². The van der Waals surface area contributed by atoms with Crippen molar-refractivity contribution >= 4 is 104 Å². The molecule has 5 heteroatoms. The van der Waals surface area contributed by atoms with Gasteiger partial charge in [-0.1, -0.05) is 141 Å². The number of para-hydroxylation sites is 1. The first-order chi connectivity index (χ1) is 32.6. The Hall–Kier alpha value is -6.56. The molecule has 0 N–H and O–H groups in total. The number of furan rings is 1. The molecule has 0 atom stereocenters. The molecule has 2 aliphatic carbocycles. The number of rotatable bonds is 1. The summed E-state index contributed by atoms with van der Waals surface area (Å²) in [4.78, 5) is 2.72. The standard InChI is InChI=1S/C63H53BN2OS/c1-60(2,3)34-18-20-35(21-19-34)66-50-30-43-42-28-46-47(62(6,7)27-26-61(46,4)5)32-55(42)68-54(43)31-40(50)37-22-23-39-57-49(25-24-45-56(57)38-15-10-12-16-44(38)63(45,8)9)65-51-33-53-41(36-14-11-13-17-52(36)67-53)29-48(51)64(66)58(37)59(39)65/h10-25,28-33H,26-27H2,1-9H3. The van der Waals surface area contributed by atoms with E-state index in [0.717, 1.165) is 21.9 Å². The van der Waals surface area contributed by atoms with Crippen LogP contribution < -0.4 is 15.7 Å². The Balaban J connectivity index is 1.11. The third-order valence-corrected chi connectivity index (χ3v) is 18.5. The summed E-state index contributed by atoms with van der Waals surface area (Å²) in [6.45, 7) is 21.5. The number of nitrogens with zero attached hydrogens (tertiary/aromatic N) is 2. The smallest absolute Gasteiger partial charge is 0.333 e. The molecule has 0 radical (unpaired) electrons. The minimum absolute atomic E-state index is 0.0279. The molecule has 3 aromatic heterocycles. The first kappa shape index (κ1) is 39.4. The summed E-state index contributed by atoms with van der Waals surface area (Å²) in [6, 6.07) is 52.2. The van der Waals surface area contributed by atoms with Gasteiger partial charge in [0, 0.05) is 75.8 Å². The zero-order valence-electron chi connectivity index (χ0n) is 40.4. The zero-order valence-corrected chi connectivity index (χ0v) is 41.2. The molecule has 2 aliphatic heterocycles. The highest BCUT2D eigenvalue weighted by molar-refractivity contribution is 7.25. The fourth-order valence-corrected chi connectivity index (χ4v) is 14.8. The third-order valence-electron chi connectivity index (χ3n) is 17.4. The highest BCUT2D eigenvalue weighted by Crippen LogP contribution is 2.56. The molecule has 0 saturated heterocycles. The third kappa shape index (κ3) is 4.86. The maximum atomic E-state index is 6.78. The van der Waals surface area contributed by atoms with E-state index in [-0.39, 0.29) is 28.5 Å². The van der Waals surface area contributed by atoms with Crippen LogP contribution in [0.1, 0.15) is 103 Å². The van der Waals surface area contributed by atoms with Gasteiger partial charge in [0.1, 0.15) is 11.2 Å². The molecule has 5 heterocycles. The molecule has 8 aromatic carbocycles. The van der Waals surface area contributed by atoms with Gasteiger partial charge in [-0.15, -0.1) is 11.3 Å². The lowest BCUT2D eigenvalue weighted by Gasteiger charge is -2.42. The molecular formula is C63H53BN2OS. The van der Waals surface area contributed by atoms with Crippen LogP contribution in [0.25, 0.3) is 91.9 Å². The summed E-state index contributed by atoms with van der Waals surface area (Å²) < 4.78 is 12.1. The predicted octanol–water partition coefficient (Wildman–Crippen LogP) is 16.2. The molecule has 3 nitrogen and oxygen atoms in total. The van der Waals surface area contributed by atoms with Gasteiger partial charge < -0.3 is 13.8 Å². The van der Waals surface area contributed by atoms with E-state index >= 15 is 0 Å². The van der Waals surface area contributed by atoms with Gasteiger partial charge in [-0.05, 0) is 133 Å². The van der Waals surface area contributed by atoms with Crippen molar-refractivity contribution in [2.24, 2.45) is 0 Å². The van der Waals surface area contributed by atoms with Crippen molar-refractivity contribution in [1.29, 1.82) is 0 Å². The highest BCUT2D eigenvalue weighted by atomic mass is 32.1. The first-order valence-electron chi connectivity index (χ1n) is 24.7. The van der Waals surface area contributed by atoms with Gasteiger partial charge in [0.2, 0.25) is 0 Å². The van der Waals surface area contributed by atoms with Gasteiger partial charge in [-0.2, -0.15) is 0 Å². The first-order valence-corrected chi connectivity index (χ1v) is 25.6. The van der Waals surface area contributed by atoms with Crippen molar-refractivity contribution in [2.75, 3.05) is 4.81 Å². The Morgan fingerprint density at radius 2 is 1.28 bits per heavy atom. The number of hydrogen-bond acceptors (Lipinski definition) is 3. The van der Waals surface area contributed by atoms with Crippen molar-refractivity contribution < 1.29 is 4.42 Å². The van der Waals surface area contributed by atoms with E-state index in [1.54, 1.807) is 0 Å². The number of aromatic nitrogens is 1. The maximum absolute atomic E-state index is 6.78. The summed E-state index contributed by atoms with van der Waals surface area (Å²) >= 11 is 1.97. The normalized spacial score (nSPS) is 17.1. The molecule has 11 aromatic rings. The number of anilines is 2. The summed E-state index contributed by atoms with van der Waals surface area (Å²) in [5, 5.41) is 7.71. The molecule has 0 unspecified atom stereocenters. The molecule has 0 fully saturated rings. The molecule has 68 heavy (non-hydrogen) atoms. The fraction of sp³-hybridized carbons (Fsp3) is 0.238. The Morgan fingerprint density at radius 1 is 0.559 bits per heavy atom. The van der Waals surface area contributed by atoms with Gasteiger partial charge in [0.25, 0.3) is 0 Å². The molecule has 330 valence electrons. The second-order valence-electron chi connectivity index (χ2n) is 23.5. The van der Waals surface area contributed by atoms with E-state index in [0.29, 0.717) is 0 Å². The average Bonchev–Trinajstić information content (AvgIpc) is 4.04. The molecule has 0 bridgehead atoms. The van der Waals surface area contributed by atoms with E-state index in [9.17, 15) is 0 Å². The van der Waals surface area contributed by atoms with Crippen molar-refractivity contribution in [2.45, 2.75) is 96.8 Å². The molecule has 0 saturated carbocycles. The van der Waals surface area contributed by atoms with E-state index in [1.165, 1.54) is 133 Å². The SMILES string of the molecule is CC(C)(C)c1ccc(N2B3c4cc5c(cc4-n4c6ccc7c(c6c6ccc(c3c64)-c3cc4sc6cc8c(cc6c4cc32)C(C)(C)CCC8(C)C)-c2ccccc2C7(C)C)oc2ccccc25)cc1. The van der Waals surface area contributed by atoms with Crippen LogP contribution in [0.2, 0.25) is 0 Å². The predicted molar refractivity (Wildman–Crippen MR) is 292 cm³/mol. The second-order valence-corrected chi connectivity index (χ2v) is 24.6. The molecule has 4 aliphatic rings. The van der Waals surface area contributed by atoms with Crippen LogP contribution in [0.4, 0.5) is 11.4 Å². The molecule has 0 spiro atoms. The van der Waals surface area contributed by atoms with Gasteiger partial charge in [0.05, 0.1) is 11.0 Å². The van der Waals surface area contributed by atoms with Crippen LogP contribution in [0.15, 0.2) is 138 Å². The number of benzene rings is 8. The number of fused-ring (bicyclic) bond motifs is 19. The minimum atomic E-state index is -0.113. The van der Waals surface area contributed by atoms with Gasteiger partial charge in [-0.3, -0.25) is 0 Å². The number of hydrogen-bond donors (Lipinski definition) is 0. The van der Waals surface area contributed by atoms with Gasteiger partial charge in [0.15, 0.2) is 0 Å². The number of thiophene rings is 1. The average molecular weight is 897 g/mol. The molecule has 0 amide bonds. The molecular weight excluding hydrogens is 844 g/mol. The summed E-state index contributed by atoms with van der Waals surface area (Å²) in [7, 11) is 0. The summed E-state index contributed by atoms with van der Waals surface area (Å²) in [6.07, 6.45) is 2.41. The van der Waals surface area contributed by atoms with Crippen LogP contribution >= 0.6 is 11.3 Å². The van der Waals surface area contributed by atoms with Gasteiger partial charge in [-0.25, -0.2) is 0 Å². The summed E-state index contributed by atoms with van der Waals surface area (Å²) in [5.41, 5.74) is 23.4. The van der Waals surface area contributed by atoms with Crippen LogP contribution in [0, 0.1) is 0 Å². The van der Waals surface area contributed by atoms with E-state index in [1.807, 2.05) is 11.3 Å². The van der Waals surface area contributed by atoms with Crippen molar-refractivity contribution in [3.63, 3.8) is 0 Å². The molecule has 15 rings (SSSR count). The monoisotopic (exact) mass is 896 g/mol. The lowest BCUT2D eigenvalue weighted by atomic mass is 9.44. The zero-order chi connectivity index (χ0) is 46.1. The topological polar surface area (TPSA) is 21.3 Å². The van der Waals surface area contributed by atoms with Crippen LogP contribution in [0.3, 0.4) is 0 Å². The van der Waals surface area contributed by atoms with E-state index in [2.05, 4.69) is 205 Å². The van der Waals surface area contributed by atoms with Crippen molar-refractivity contribution in [3.05, 3.63) is 161 Å². The minimum Gasteiger partial charge on any atom is -0.456 e. The maximum Gasteiger partial charge on any atom is 0.333 e. The lowest BCUT2D eigenvalue weighted by Crippen LogP contribution is -2.60. The van der Waals surface area contributed by atoms with E-state index in [4.69, 9.17) is 4.42 Å². The van der Waals surface area contributed by atoms with Gasteiger partial charge >= 0.3 is 6.85 Å². The Morgan fingerprint density at radius 3 is 2.07 bits per heavy atom. The fourth-order valence-electron chi connectivity index (χ4n) is 13.6. The Bertz CT molecular complexity index is 4110. The largest absolute Gasteiger partial charge is 0.456 e. The Labute approximate surface area is 402 Å². The summed E-state index contributed by atoms with van der Waals surface area (Å²) in [5.74, 6) is 0. The lowest BCUT2D eigenvalue weighted by molar-refractivity contribution is 0.332. The van der Waals surface area contributed by atoms with Crippen molar-refractivity contribution in [3.8, 4) is 27.9 Å². The van der Waals surface area contributed by atoms with Crippen LogP contribution in [0.5, 0.6) is 0 Å². The second kappa shape index (κ2) is 12.6. The van der Waals surface area contributed by atoms with Crippen molar-refractivity contribution in [1.82, 2.24) is 4.57 Å². The van der Waals surface area contributed by atoms with Crippen LogP contribution in [-0.2, 0) is 21.7 Å². The highest BCUT2D eigenvalue weighted by Gasteiger charge is 2.46. The Kier molecular flexibility index (Phi) is 7.28. The van der Waals surface area contributed by atoms with Crippen LogP contribution in [-0.4, -0.2) is 11.4 Å². The quantitative estimate of drug-likeness (QED) is 0.153.